The van der Waals surface area contributed by atoms with Gasteiger partial charge in [-0.25, -0.2) is 0 Å². The molecule has 0 spiro atoms. The zero-order valence-corrected chi connectivity index (χ0v) is 11.8. The van der Waals surface area contributed by atoms with Gasteiger partial charge in [-0.05, 0) is 25.7 Å². The molecule has 1 fully saturated rings. The second-order valence-corrected chi connectivity index (χ2v) is 5.69. The molecule has 0 amide bonds. The van der Waals surface area contributed by atoms with Gasteiger partial charge in [-0.15, -0.1) is 0 Å². The van der Waals surface area contributed by atoms with E-state index in [1.165, 1.54) is 39.2 Å². The first kappa shape index (κ1) is 14.0. The molecule has 16 heavy (non-hydrogen) atoms. The SMILES string of the molecule is COC(=O)C(Br)CN[C@@H](C)C1CCCCC1. The van der Waals surface area contributed by atoms with Gasteiger partial charge in [0.1, 0.15) is 4.83 Å². The van der Waals surface area contributed by atoms with Gasteiger partial charge in [0.25, 0.3) is 0 Å². The quantitative estimate of drug-likeness (QED) is 0.625. The number of hydrogen-bond acceptors (Lipinski definition) is 3. The standard InChI is InChI=1S/C12H22BrNO2/c1-9(10-6-4-3-5-7-10)14-8-11(13)12(15)16-2/h9-11,14H,3-8H2,1-2H3/t9-,11?/m0/s1. The normalized spacial score (nSPS) is 21.4. The smallest absolute Gasteiger partial charge is 0.320 e. The molecule has 1 saturated carbocycles. The van der Waals surface area contributed by atoms with Gasteiger partial charge in [0.15, 0.2) is 0 Å². The minimum Gasteiger partial charge on any atom is -0.468 e. The molecule has 1 unspecified atom stereocenters. The van der Waals surface area contributed by atoms with Crippen molar-refractivity contribution < 1.29 is 9.53 Å². The maximum Gasteiger partial charge on any atom is 0.320 e. The molecule has 2 atom stereocenters. The van der Waals surface area contributed by atoms with E-state index < -0.39 is 0 Å². The first-order valence-electron chi connectivity index (χ1n) is 6.10. The Bertz CT molecular complexity index is 217. The minimum atomic E-state index is -0.233. The maximum absolute atomic E-state index is 11.2. The van der Waals surface area contributed by atoms with E-state index in [1.807, 2.05) is 0 Å². The Morgan fingerprint density at radius 3 is 2.62 bits per heavy atom. The van der Waals surface area contributed by atoms with E-state index in [1.54, 1.807) is 0 Å². The number of methoxy groups -OCH3 is 1. The summed E-state index contributed by atoms with van der Waals surface area (Å²) in [5, 5.41) is 3.42. The monoisotopic (exact) mass is 291 g/mol. The highest BCUT2D eigenvalue weighted by atomic mass is 79.9. The van der Waals surface area contributed by atoms with Crippen molar-refractivity contribution in [3.05, 3.63) is 0 Å². The van der Waals surface area contributed by atoms with Gasteiger partial charge in [0.2, 0.25) is 0 Å². The lowest BCUT2D eigenvalue weighted by Gasteiger charge is -2.28. The number of nitrogens with one attached hydrogen (secondary N) is 1. The topological polar surface area (TPSA) is 38.3 Å². The predicted molar refractivity (Wildman–Crippen MR) is 68.8 cm³/mol. The molecule has 0 aromatic heterocycles. The Morgan fingerprint density at radius 2 is 2.06 bits per heavy atom. The number of carbonyl (C=O) groups is 1. The molecule has 0 saturated heterocycles. The fraction of sp³-hybridized carbons (Fsp3) is 0.917. The average Bonchev–Trinajstić information content (AvgIpc) is 2.35. The molecule has 1 N–H and O–H groups in total. The van der Waals surface area contributed by atoms with Crippen molar-refractivity contribution in [3.8, 4) is 0 Å². The van der Waals surface area contributed by atoms with Crippen LogP contribution in [0.1, 0.15) is 39.0 Å². The van der Waals surface area contributed by atoms with Crippen LogP contribution in [0.25, 0.3) is 0 Å². The van der Waals surface area contributed by atoms with Crippen molar-refractivity contribution in [2.75, 3.05) is 13.7 Å². The number of rotatable bonds is 5. The van der Waals surface area contributed by atoms with Gasteiger partial charge in [-0.3, -0.25) is 4.79 Å². The van der Waals surface area contributed by atoms with Crippen LogP contribution in [0.15, 0.2) is 0 Å². The van der Waals surface area contributed by atoms with Crippen LogP contribution in [0.3, 0.4) is 0 Å². The van der Waals surface area contributed by atoms with Crippen LogP contribution in [0, 0.1) is 5.92 Å². The molecule has 0 radical (unpaired) electrons. The maximum atomic E-state index is 11.2. The molecule has 94 valence electrons. The third-order valence-corrected chi connectivity index (χ3v) is 4.13. The number of carbonyl (C=O) groups excluding carboxylic acids is 1. The fourth-order valence-corrected chi connectivity index (χ4v) is 2.68. The van der Waals surface area contributed by atoms with E-state index in [0.717, 1.165) is 5.92 Å². The highest BCUT2D eigenvalue weighted by Gasteiger charge is 2.22. The second kappa shape index (κ2) is 7.28. The lowest BCUT2D eigenvalue weighted by atomic mass is 9.84. The Morgan fingerprint density at radius 1 is 1.44 bits per heavy atom. The van der Waals surface area contributed by atoms with Crippen LogP contribution in [-0.2, 0) is 9.53 Å². The molecule has 4 heteroatoms. The second-order valence-electron chi connectivity index (χ2n) is 4.59. The van der Waals surface area contributed by atoms with Gasteiger partial charge in [-0.2, -0.15) is 0 Å². The van der Waals surface area contributed by atoms with E-state index in [9.17, 15) is 4.79 Å². The Kier molecular flexibility index (Phi) is 6.36. The third-order valence-electron chi connectivity index (χ3n) is 3.43. The Hall–Kier alpha value is -0.0900. The van der Waals surface area contributed by atoms with Crippen molar-refractivity contribution in [1.29, 1.82) is 0 Å². The molecule has 1 aliphatic carbocycles. The summed E-state index contributed by atoms with van der Waals surface area (Å²) >= 11 is 3.32. The van der Waals surface area contributed by atoms with Crippen molar-refractivity contribution in [2.24, 2.45) is 5.92 Å². The first-order valence-corrected chi connectivity index (χ1v) is 7.02. The van der Waals surface area contributed by atoms with Crippen LogP contribution in [0.4, 0.5) is 0 Å². The molecule has 3 nitrogen and oxygen atoms in total. The molecule has 0 bridgehead atoms. The van der Waals surface area contributed by atoms with Crippen LogP contribution in [0.5, 0.6) is 0 Å². The third kappa shape index (κ3) is 4.42. The van der Waals surface area contributed by atoms with Gasteiger partial charge in [0, 0.05) is 12.6 Å². The van der Waals surface area contributed by atoms with Crippen molar-refractivity contribution in [1.82, 2.24) is 5.32 Å². The van der Waals surface area contributed by atoms with Crippen molar-refractivity contribution in [2.45, 2.75) is 49.9 Å². The molecule has 0 heterocycles. The molecule has 1 rings (SSSR count). The lowest BCUT2D eigenvalue weighted by molar-refractivity contribution is -0.139. The highest BCUT2D eigenvalue weighted by molar-refractivity contribution is 9.10. The van der Waals surface area contributed by atoms with E-state index in [-0.39, 0.29) is 10.8 Å². The summed E-state index contributed by atoms with van der Waals surface area (Å²) in [5.41, 5.74) is 0. The average molecular weight is 292 g/mol. The number of halogens is 1. The van der Waals surface area contributed by atoms with Crippen LogP contribution in [0.2, 0.25) is 0 Å². The summed E-state index contributed by atoms with van der Waals surface area (Å²) < 4.78 is 4.66. The summed E-state index contributed by atoms with van der Waals surface area (Å²) in [7, 11) is 1.42. The summed E-state index contributed by atoms with van der Waals surface area (Å²) in [6, 6.07) is 0.491. The lowest BCUT2D eigenvalue weighted by Crippen LogP contribution is -2.40. The van der Waals surface area contributed by atoms with Crippen molar-refractivity contribution >= 4 is 21.9 Å². The van der Waals surface area contributed by atoms with E-state index in [0.29, 0.717) is 12.6 Å². The zero-order valence-electron chi connectivity index (χ0n) is 10.2. The van der Waals surface area contributed by atoms with Gasteiger partial charge in [-0.1, -0.05) is 35.2 Å². The van der Waals surface area contributed by atoms with Crippen molar-refractivity contribution in [3.63, 3.8) is 0 Å². The van der Waals surface area contributed by atoms with Crippen LogP contribution in [-0.4, -0.2) is 30.5 Å². The van der Waals surface area contributed by atoms with Gasteiger partial charge in [0.05, 0.1) is 7.11 Å². The highest BCUT2D eigenvalue weighted by Crippen LogP contribution is 2.26. The molecule has 1 aliphatic rings. The summed E-state index contributed by atoms with van der Waals surface area (Å²) in [5.74, 6) is 0.564. The van der Waals surface area contributed by atoms with E-state index in [4.69, 9.17) is 0 Å². The predicted octanol–water partition coefficient (Wildman–Crippen LogP) is 2.48. The van der Waals surface area contributed by atoms with Crippen LogP contribution < -0.4 is 5.32 Å². The van der Waals surface area contributed by atoms with Crippen LogP contribution >= 0.6 is 15.9 Å². The van der Waals surface area contributed by atoms with Gasteiger partial charge < -0.3 is 10.1 Å². The number of esters is 1. The largest absolute Gasteiger partial charge is 0.468 e. The van der Waals surface area contributed by atoms with E-state index >= 15 is 0 Å². The zero-order chi connectivity index (χ0) is 12.0. The summed E-state index contributed by atoms with van der Waals surface area (Å²) in [4.78, 5) is 11.0. The molecular formula is C12H22BrNO2. The molecule has 0 aliphatic heterocycles. The Labute approximate surface area is 106 Å². The Balaban J connectivity index is 2.23. The fourth-order valence-electron chi connectivity index (χ4n) is 2.30. The summed E-state index contributed by atoms with van der Waals surface area (Å²) in [6.45, 7) is 2.86. The summed E-state index contributed by atoms with van der Waals surface area (Å²) in [6.07, 6.45) is 6.72. The van der Waals surface area contributed by atoms with Gasteiger partial charge >= 0.3 is 5.97 Å². The first-order chi connectivity index (χ1) is 7.65. The van der Waals surface area contributed by atoms with E-state index in [2.05, 4.69) is 32.9 Å². The molecule has 0 aromatic rings. The molecular weight excluding hydrogens is 270 g/mol. The molecule has 0 aromatic carbocycles. The number of ether oxygens (including phenoxy) is 1. The number of alkyl halides is 1. The number of hydrogen-bond donors (Lipinski definition) is 1. The minimum absolute atomic E-state index is 0.205.